The summed E-state index contributed by atoms with van der Waals surface area (Å²) in [4.78, 5) is 15.1. The third-order valence-electron chi connectivity index (χ3n) is 6.08. The van der Waals surface area contributed by atoms with Crippen molar-refractivity contribution in [2.24, 2.45) is 5.92 Å². The second-order valence-electron chi connectivity index (χ2n) is 7.90. The number of halogens is 1. The second kappa shape index (κ2) is 8.98. The third kappa shape index (κ3) is 4.63. The molecule has 1 fully saturated rings. The molecule has 0 saturated carbocycles. The first-order chi connectivity index (χ1) is 14.1. The molecule has 0 spiro atoms. The molecule has 1 atom stereocenters. The Bertz CT molecular complexity index is 990. The summed E-state index contributed by atoms with van der Waals surface area (Å²) in [5.74, 6) is 0.243. The van der Waals surface area contributed by atoms with Crippen LogP contribution >= 0.6 is 11.6 Å². The molecule has 4 heteroatoms. The van der Waals surface area contributed by atoms with Crippen molar-refractivity contribution in [3.63, 3.8) is 0 Å². The molecule has 29 heavy (non-hydrogen) atoms. The number of benzene rings is 3. The normalized spacial score (nSPS) is 16.6. The molecule has 1 amide bonds. The molecule has 0 unspecified atom stereocenters. The van der Waals surface area contributed by atoms with E-state index in [2.05, 4.69) is 59.6 Å². The minimum atomic E-state index is 0.0881. The number of carbonyl (C=O) groups is 1. The largest absolute Gasteiger partial charge is 0.352 e. The van der Waals surface area contributed by atoms with Crippen molar-refractivity contribution in [3.05, 3.63) is 82.9 Å². The first kappa shape index (κ1) is 19.9. The van der Waals surface area contributed by atoms with Crippen molar-refractivity contribution in [2.75, 3.05) is 13.1 Å². The average Bonchev–Trinajstić information content (AvgIpc) is 2.77. The maximum absolute atomic E-state index is 12.6. The van der Waals surface area contributed by atoms with E-state index in [0.717, 1.165) is 31.5 Å². The maximum atomic E-state index is 12.6. The summed E-state index contributed by atoms with van der Waals surface area (Å²) in [5, 5.41) is 6.39. The molecule has 3 nitrogen and oxygen atoms in total. The topological polar surface area (TPSA) is 32.3 Å². The summed E-state index contributed by atoms with van der Waals surface area (Å²) >= 11 is 6.02. The highest BCUT2D eigenvalue weighted by Gasteiger charge is 2.28. The predicted molar refractivity (Wildman–Crippen MR) is 120 cm³/mol. The van der Waals surface area contributed by atoms with Gasteiger partial charge in [0.05, 0.1) is 0 Å². The van der Waals surface area contributed by atoms with Crippen LogP contribution < -0.4 is 5.32 Å². The molecule has 1 aliphatic heterocycles. The molecule has 150 valence electrons. The van der Waals surface area contributed by atoms with Crippen LogP contribution in [-0.2, 0) is 11.3 Å². The SMILES string of the molecule is C[C@H](c1cccc2ccccc12)N1CCC(C(=O)NCc2cccc(Cl)c2)CC1. The Morgan fingerprint density at radius 2 is 1.79 bits per heavy atom. The zero-order valence-electron chi connectivity index (χ0n) is 16.8. The van der Waals surface area contributed by atoms with Crippen LogP contribution in [0.3, 0.4) is 0 Å². The first-order valence-electron chi connectivity index (χ1n) is 10.4. The number of likely N-dealkylation sites (tertiary alicyclic amines) is 1. The van der Waals surface area contributed by atoms with Gasteiger partial charge in [0.2, 0.25) is 5.91 Å². The smallest absolute Gasteiger partial charge is 0.223 e. The van der Waals surface area contributed by atoms with Gasteiger partial charge in [-0.15, -0.1) is 0 Å². The third-order valence-corrected chi connectivity index (χ3v) is 6.31. The van der Waals surface area contributed by atoms with E-state index in [4.69, 9.17) is 11.6 Å². The molecule has 1 saturated heterocycles. The summed E-state index contributed by atoms with van der Waals surface area (Å²) in [6, 6.07) is 23.1. The van der Waals surface area contributed by atoms with Gasteiger partial charge in [-0.3, -0.25) is 9.69 Å². The Hall–Kier alpha value is -2.36. The van der Waals surface area contributed by atoms with E-state index in [9.17, 15) is 4.79 Å². The molecule has 0 aliphatic carbocycles. The molecule has 1 aliphatic rings. The zero-order chi connectivity index (χ0) is 20.2. The molecule has 4 rings (SSSR count). The van der Waals surface area contributed by atoms with Crippen LogP contribution in [-0.4, -0.2) is 23.9 Å². The van der Waals surface area contributed by atoms with Gasteiger partial charge >= 0.3 is 0 Å². The van der Waals surface area contributed by atoms with Crippen LogP contribution in [0, 0.1) is 5.92 Å². The molecule has 3 aromatic rings. The molecule has 0 radical (unpaired) electrons. The van der Waals surface area contributed by atoms with E-state index in [-0.39, 0.29) is 11.8 Å². The van der Waals surface area contributed by atoms with Gasteiger partial charge in [-0.05, 0) is 66.9 Å². The van der Waals surface area contributed by atoms with Crippen molar-refractivity contribution in [1.29, 1.82) is 0 Å². The Labute approximate surface area is 177 Å². The number of rotatable bonds is 5. The van der Waals surface area contributed by atoms with Crippen LogP contribution in [0.25, 0.3) is 10.8 Å². The number of hydrogen-bond acceptors (Lipinski definition) is 2. The van der Waals surface area contributed by atoms with Crippen molar-refractivity contribution in [3.8, 4) is 0 Å². The number of amides is 1. The standard InChI is InChI=1S/C25H27ClN2O/c1-18(23-11-5-8-20-7-2-3-10-24(20)23)28-14-12-21(13-15-28)25(29)27-17-19-6-4-9-22(26)16-19/h2-11,16,18,21H,12-15,17H2,1H3,(H,27,29)/t18-/m1/s1. The summed E-state index contributed by atoms with van der Waals surface area (Å²) in [5.41, 5.74) is 2.40. The predicted octanol–water partition coefficient (Wildman–Crippen LogP) is 5.58. The van der Waals surface area contributed by atoms with Gasteiger partial charge in [-0.1, -0.05) is 66.2 Å². The highest BCUT2D eigenvalue weighted by Crippen LogP contribution is 2.31. The lowest BCUT2D eigenvalue weighted by molar-refractivity contribution is -0.126. The average molecular weight is 407 g/mol. The summed E-state index contributed by atoms with van der Waals surface area (Å²) < 4.78 is 0. The van der Waals surface area contributed by atoms with E-state index in [1.165, 1.54) is 16.3 Å². The highest BCUT2D eigenvalue weighted by molar-refractivity contribution is 6.30. The Balaban J connectivity index is 1.34. The van der Waals surface area contributed by atoms with Crippen molar-refractivity contribution < 1.29 is 4.79 Å². The number of hydrogen-bond donors (Lipinski definition) is 1. The number of fused-ring (bicyclic) bond motifs is 1. The van der Waals surface area contributed by atoms with E-state index in [1.807, 2.05) is 24.3 Å². The van der Waals surface area contributed by atoms with Crippen LogP contribution in [0.2, 0.25) is 5.02 Å². The Morgan fingerprint density at radius 3 is 2.59 bits per heavy atom. The number of piperidine rings is 1. The monoisotopic (exact) mass is 406 g/mol. The fourth-order valence-electron chi connectivity index (χ4n) is 4.34. The minimum absolute atomic E-state index is 0.0881. The molecule has 1 N–H and O–H groups in total. The first-order valence-corrected chi connectivity index (χ1v) is 10.7. The van der Waals surface area contributed by atoms with Gasteiger partial charge in [0.15, 0.2) is 0 Å². The van der Waals surface area contributed by atoms with E-state index in [0.29, 0.717) is 17.6 Å². The quantitative estimate of drug-likeness (QED) is 0.599. The van der Waals surface area contributed by atoms with Crippen molar-refractivity contribution >= 4 is 28.3 Å². The Morgan fingerprint density at radius 1 is 1.07 bits per heavy atom. The molecule has 0 aromatic heterocycles. The van der Waals surface area contributed by atoms with Gasteiger partial charge in [-0.25, -0.2) is 0 Å². The summed E-state index contributed by atoms with van der Waals surface area (Å²) in [6.07, 6.45) is 1.80. The van der Waals surface area contributed by atoms with Crippen LogP contribution in [0.4, 0.5) is 0 Å². The highest BCUT2D eigenvalue weighted by atomic mass is 35.5. The number of nitrogens with one attached hydrogen (secondary N) is 1. The molecular weight excluding hydrogens is 380 g/mol. The summed E-state index contributed by atoms with van der Waals surface area (Å²) in [6.45, 7) is 4.70. The number of carbonyl (C=O) groups excluding carboxylic acids is 1. The van der Waals surface area contributed by atoms with Crippen LogP contribution in [0.1, 0.15) is 36.9 Å². The molecule has 1 heterocycles. The van der Waals surface area contributed by atoms with Crippen molar-refractivity contribution in [2.45, 2.75) is 32.4 Å². The summed E-state index contributed by atoms with van der Waals surface area (Å²) in [7, 11) is 0. The van der Waals surface area contributed by atoms with Crippen LogP contribution in [0.15, 0.2) is 66.7 Å². The van der Waals surface area contributed by atoms with Gasteiger partial charge in [-0.2, -0.15) is 0 Å². The van der Waals surface area contributed by atoms with E-state index >= 15 is 0 Å². The van der Waals surface area contributed by atoms with Gasteiger partial charge < -0.3 is 5.32 Å². The van der Waals surface area contributed by atoms with Crippen molar-refractivity contribution in [1.82, 2.24) is 10.2 Å². The van der Waals surface area contributed by atoms with E-state index in [1.54, 1.807) is 0 Å². The second-order valence-corrected chi connectivity index (χ2v) is 8.34. The van der Waals surface area contributed by atoms with E-state index < -0.39 is 0 Å². The lowest BCUT2D eigenvalue weighted by atomic mass is 9.92. The maximum Gasteiger partial charge on any atom is 0.223 e. The minimum Gasteiger partial charge on any atom is -0.352 e. The fourth-order valence-corrected chi connectivity index (χ4v) is 4.55. The number of nitrogens with zero attached hydrogens (tertiary/aromatic N) is 1. The molecular formula is C25H27ClN2O. The zero-order valence-corrected chi connectivity index (χ0v) is 17.5. The Kier molecular flexibility index (Phi) is 6.17. The molecule has 0 bridgehead atoms. The fraction of sp³-hybridized carbons (Fsp3) is 0.320. The van der Waals surface area contributed by atoms with Gasteiger partial charge in [0.1, 0.15) is 0 Å². The van der Waals surface area contributed by atoms with Gasteiger partial charge in [0.25, 0.3) is 0 Å². The van der Waals surface area contributed by atoms with Crippen LogP contribution in [0.5, 0.6) is 0 Å². The lowest BCUT2D eigenvalue weighted by Gasteiger charge is -2.36. The van der Waals surface area contributed by atoms with Gasteiger partial charge in [0, 0.05) is 23.5 Å². The lowest BCUT2D eigenvalue weighted by Crippen LogP contribution is -2.41. The molecule has 3 aromatic carbocycles.